The number of nitrogens with zero attached hydrogens (tertiary/aromatic N) is 3. The number of amides is 4. The van der Waals surface area contributed by atoms with Crippen molar-refractivity contribution in [3.63, 3.8) is 0 Å². The van der Waals surface area contributed by atoms with E-state index in [0.29, 0.717) is 36.9 Å². The predicted octanol–water partition coefficient (Wildman–Crippen LogP) is 2.21. The van der Waals surface area contributed by atoms with Gasteiger partial charge < -0.3 is 15.1 Å². The van der Waals surface area contributed by atoms with E-state index in [0.717, 1.165) is 11.4 Å². The lowest BCUT2D eigenvalue weighted by Crippen LogP contribution is -2.50. The molecule has 2 aromatic rings. The van der Waals surface area contributed by atoms with Crippen LogP contribution in [0.4, 0.5) is 10.5 Å². The first-order chi connectivity index (χ1) is 14.9. The number of hydrogen-bond donors (Lipinski definition) is 2. The van der Waals surface area contributed by atoms with Crippen LogP contribution in [0.5, 0.6) is 0 Å². The summed E-state index contributed by atoms with van der Waals surface area (Å²) in [6, 6.07) is 12.4. The quantitative estimate of drug-likeness (QED) is 0.694. The van der Waals surface area contributed by atoms with Crippen LogP contribution in [0.3, 0.4) is 0 Å². The molecule has 1 unspecified atom stereocenters. The maximum Gasteiger partial charge on any atom is 0.322 e. The maximum atomic E-state index is 12.9. The Bertz CT molecular complexity index is 1020. The Hall–Kier alpha value is -3.13. The lowest BCUT2D eigenvalue weighted by Gasteiger charge is -2.36. The molecule has 3 heterocycles. The number of benzene rings is 1. The van der Waals surface area contributed by atoms with Gasteiger partial charge in [-0.25, -0.2) is 4.79 Å². The molecular formula is C22H24ClN5O3. The highest BCUT2D eigenvalue weighted by atomic mass is 35.5. The van der Waals surface area contributed by atoms with E-state index >= 15 is 0 Å². The molecule has 0 bridgehead atoms. The summed E-state index contributed by atoms with van der Waals surface area (Å²) >= 11 is 6.08. The number of rotatable bonds is 5. The van der Waals surface area contributed by atoms with Gasteiger partial charge in [0.25, 0.3) is 5.91 Å². The van der Waals surface area contributed by atoms with Crippen molar-refractivity contribution >= 4 is 35.1 Å². The summed E-state index contributed by atoms with van der Waals surface area (Å²) in [5.74, 6) is -0.527. The van der Waals surface area contributed by atoms with Crippen LogP contribution in [0.2, 0.25) is 5.02 Å². The molecule has 0 saturated carbocycles. The molecular weight excluding hydrogens is 418 g/mol. The zero-order valence-corrected chi connectivity index (χ0v) is 18.0. The Morgan fingerprint density at radius 2 is 1.87 bits per heavy atom. The number of aromatic nitrogens is 1. The highest BCUT2D eigenvalue weighted by Gasteiger charge is 2.49. The minimum atomic E-state index is -1.33. The van der Waals surface area contributed by atoms with Crippen molar-refractivity contribution in [2.45, 2.75) is 25.3 Å². The Kier molecular flexibility index (Phi) is 5.82. The second-order valence-corrected chi connectivity index (χ2v) is 8.26. The zero-order chi connectivity index (χ0) is 22.0. The normalized spacial score (nSPS) is 21.1. The van der Waals surface area contributed by atoms with Crippen LogP contribution in [0.25, 0.3) is 0 Å². The van der Waals surface area contributed by atoms with Gasteiger partial charge in [-0.15, -0.1) is 0 Å². The summed E-state index contributed by atoms with van der Waals surface area (Å²) in [5, 5.41) is 5.67. The largest absolute Gasteiger partial charge is 0.368 e. The van der Waals surface area contributed by atoms with Crippen LogP contribution in [0.1, 0.15) is 24.2 Å². The lowest BCUT2D eigenvalue weighted by molar-refractivity contribution is -0.132. The molecule has 4 amide bonds. The predicted molar refractivity (Wildman–Crippen MR) is 117 cm³/mol. The number of piperazine rings is 1. The van der Waals surface area contributed by atoms with Crippen molar-refractivity contribution < 1.29 is 14.4 Å². The fourth-order valence-corrected chi connectivity index (χ4v) is 4.28. The molecule has 0 spiro atoms. The molecule has 8 nitrogen and oxygen atoms in total. The third-order valence-electron chi connectivity index (χ3n) is 5.79. The molecule has 1 aromatic heterocycles. The second kappa shape index (κ2) is 8.55. The number of urea groups is 1. The number of aryl methyl sites for hydroxylation is 1. The van der Waals surface area contributed by atoms with E-state index in [-0.39, 0.29) is 18.7 Å². The van der Waals surface area contributed by atoms with Crippen LogP contribution >= 0.6 is 11.6 Å². The van der Waals surface area contributed by atoms with Gasteiger partial charge in [0.05, 0.1) is 5.69 Å². The molecule has 2 fully saturated rings. The van der Waals surface area contributed by atoms with Gasteiger partial charge in [0.15, 0.2) is 5.54 Å². The summed E-state index contributed by atoms with van der Waals surface area (Å²) < 4.78 is 0. The Morgan fingerprint density at radius 3 is 2.52 bits per heavy atom. The zero-order valence-electron chi connectivity index (χ0n) is 17.2. The van der Waals surface area contributed by atoms with Gasteiger partial charge in [0, 0.05) is 49.0 Å². The van der Waals surface area contributed by atoms with E-state index < -0.39 is 17.5 Å². The number of anilines is 1. The van der Waals surface area contributed by atoms with Gasteiger partial charge in [-0.05, 0) is 43.7 Å². The molecule has 2 aliphatic rings. The molecule has 1 aromatic carbocycles. The average Bonchev–Trinajstić information content (AvgIpc) is 3.06. The summed E-state index contributed by atoms with van der Waals surface area (Å²) in [5.41, 5.74) is 0.875. The van der Waals surface area contributed by atoms with Crippen LogP contribution < -0.4 is 15.5 Å². The standard InChI is InChI=1S/C22H24ClN5O3/c1-15-4-2-7-18(24-15)22(20(30)25-21(31)26-22)9-8-19(29)28-12-10-27(11-13-28)17-6-3-5-16(23)14-17/h2-7,14H,8-13H2,1H3,(H2,25,26,30,31). The molecule has 4 rings (SSSR count). The van der Waals surface area contributed by atoms with Crippen molar-refractivity contribution in [1.29, 1.82) is 0 Å². The van der Waals surface area contributed by atoms with E-state index in [9.17, 15) is 14.4 Å². The van der Waals surface area contributed by atoms with Crippen molar-refractivity contribution in [2.24, 2.45) is 0 Å². The van der Waals surface area contributed by atoms with E-state index in [1.165, 1.54) is 0 Å². The maximum absolute atomic E-state index is 12.9. The first-order valence-corrected chi connectivity index (χ1v) is 10.6. The molecule has 2 saturated heterocycles. The van der Waals surface area contributed by atoms with E-state index in [1.54, 1.807) is 17.0 Å². The van der Waals surface area contributed by atoms with Gasteiger partial charge in [-0.1, -0.05) is 23.7 Å². The fraction of sp³-hybridized carbons (Fsp3) is 0.364. The number of carbonyl (C=O) groups is 3. The molecule has 162 valence electrons. The molecule has 9 heteroatoms. The van der Waals surface area contributed by atoms with Gasteiger partial charge in [0.2, 0.25) is 5.91 Å². The molecule has 2 aliphatic heterocycles. The summed E-state index contributed by atoms with van der Waals surface area (Å²) in [4.78, 5) is 45.9. The lowest BCUT2D eigenvalue weighted by atomic mass is 9.88. The Balaban J connectivity index is 1.41. The minimum absolute atomic E-state index is 0.0493. The van der Waals surface area contributed by atoms with Crippen molar-refractivity contribution in [3.8, 4) is 0 Å². The highest BCUT2D eigenvalue weighted by Crippen LogP contribution is 2.29. The SMILES string of the molecule is Cc1cccc(C2(CCC(=O)N3CCN(c4cccc(Cl)c4)CC3)NC(=O)NC2=O)n1. The molecule has 2 N–H and O–H groups in total. The van der Waals surface area contributed by atoms with E-state index in [2.05, 4.69) is 20.5 Å². The molecule has 1 atom stereocenters. The van der Waals surface area contributed by atoms with Crippen molar-refractivity contribution in [1.82, 2.24) is 20.5 Å². The first kappa shape index (κ1) is 21.1. The fourth-order valence-electron chi connectivity index (χ4n) is 4.10. The van der Waals surface area contributed by atoms with Gasteiger partial charge in [-0.2, -0.15) is 0 Å². The van der Waals surface area contributed by atoms with Crippen molar-refractivity contribution in [3.05, 3.63) is 58.9 Å². The summed E-state index contributed by atoms with van der Waals surface area (Å²) in [7, 11) is 0. The minimum Gasteiger partial charge on any atom is -0.368 e. The topological polar surface area (TPSA) is 94.6 Å². The average molecular weight is 442 g/mol. The monoisotopic (exact) mass is 441 g/mol. The Labute approximate surface area is 185 Å². The van der Waals surface area contributed by atoms with Crippen LogP contribution in [0.15, 0.2) is 42.5 Å². The number of pyridine rings is 1. The number of nitrogens with one attached hydrogen (secondary N) is 2. The number of hydrogen-bond acceptors (Lipinski definition) is 5. The first-order valence-electron chi connectivity index (χ1n) is 10.2. The molecule has 31 heavy (non-hydrogen) atoms. The Morgan fingerprint density at radius 1 is 1.13 bits per heavy atom. The number of halogens is 1. The van der Waals surface area contributed by atoms with Gasteiger partial charge >= 0.3 is 6.03 Å². The molecule has 0 radical (unpaired) electrons. The summed E-state index contributed by atoms with van der Waals surface area (Å²) in [6.45, 7) is 4.39. The van der Waals surface area contributed by atoms with E-state index in [4.69, 9.17) is 11.6 Å². The summed E-state index contributed by atoms with van der Waals surface area (Å²) in [6.07, 6.45) is 0.273. The van der Waals surface area contributed by atoms with Gasteiger partial charge in [0.1, 0.15) is 0 Å². The second-order valence-electron chi connectivity index (χ2n) is 7.83. The number of imide groups is 1. The third kappa shape index (κ3) is 4.34. The van der Waals surface area contributed by atoms with Crippen LogP contribution in [0, 0.1) is 6.92 Å². The van der Waals surface area contributed by atoms with Crippen LogP contribution in [-0.4, -0.2) is 53.9 Å². The third-order valence-corrected chi connectivity index (χ3v) is 6.02. The van der Waals surface area contributed by atoms with Crippen LogP contribution in [-0.2, 0) is 15.1 Å². The highest BCUT2D eigenvalue weighted by molar-refractivity contribution is 6.30. The smallest absolute Gasteiger partial charge is 0.322 e. The van der Waals surface area contributed by atoms with Crippen molar-refractivity contribution in [2.75, 3.05) is 31.1 Å². The number of carbonyl (C=O) groups excluding carboxylic acids is 3. The molecule has 0 aliphatic carbocycles. The van der Waals surface area contributed by atoms with E-state index in [1.807, 2.05) is 37.3 Å². The van der Waals surface area contributed by atoms with Gasteiger partial charge in [-0.3, -0.25) is 19.9 Å².